The van der Waals surface area contributed by atoms with Gasteiger partial charge in [0.1, 0.15) is 34.1 Å². The number of carbonyl (C=O) groups is 1. The summed E-state index contributed by atoms with van der Waals surface area (Å²) >= 11 is 0. The minimum absolute atomic E-state index is 0.236. The van der Waals surface area contributed by atoms with Crippen LogP contribution in [0.5, 0.6) is 0 Å². The van der Waals surface area contributed by atoms with Crippen molar-refractivity contribution in [2.75, 3.05) is 18.0 Å². The highest BCUT2D eigenvalue weighted by atomic mass is 16.6. The molecule has 2 aromatic rings. The molecule has 1 fully saturated rings. The fourth-order valence-electron chi connectivity index (χ4n) is 2.76. The number of aromatic amines is 2. The molecule has 1 aliphatic heterocycles. The van der Waals surface area contributed by atoms with Crippen LogP contribution in [-0.2, 0) is 4.74 Å². The van der Waals surface area contributed by atoms with Gasteiger partial charge in [0.15, 0.2) is 0 Å². The molecule has 140 valence electrons. The maximum atomic E-state index is 11.7. The van der Waals surface area contributed by atoms with Crippen molar-refractivity contribution in [1.29, 1.82) is 5.26 Å². The van der Waals surface area contributed by atoms with Crippen molar-refractivity contribution in [2.24, 2.45) is 5.73 Å². The molecule has 2 aromatic heterocycles. The zero-order chi connectivity index (χ0) is 19.3. The first-order chi connectivity index (χ1) is 12.2. The number of ether oxygens (including phenoxy) is 1. The number of rotatable bonds is 1. The topological polar surface area (TPSA) is 141 Å². The number of nitriles is 1. The van der Waals surface area contributed by atoms with E-state index in [9.17, 15) is 14.9 Å². The second kappa shape index (κ2) is 7.91. The van der Waals surface area contributed by atoms with Gasteiger partial charge in [-0.2, -0.15) is 5.26 Å². The van der Waals surface area contributed by atoms with Gasteiger partial charge < -0.3 is 25.3 Å². The summed E-state index contributed by atoms with van der Waals surface area (Å²) in [5, 5.41) is 9.28. The van der Waals surface area contributed by atoms with E-state index in [-0.39, 0.29) is 5.56 Å². The van der Waals surface area contributed by atoms with Crippen molar-refractivity contribution in [1.82, 2.24) is 15.0 Å². The van der Waals surface area contributed by atoms with Gasteiger partial charge in [-0.25, -0.2) is 9.78 Å². The van der Waals surface area contributed by atoms with E-state index in [1.165, 1.54) is 12.7 Å². The van der Waals surface area contributed by atoms with Gasteiger partial charge in [0, 0.05) is 13.1 Å². The van der Waals surface area contributed by atoms with Gasteiger partial charge in [-0.3, -0.25) is 4.79 Å². The molecule has 0 aliphatic carbocycles. The lowest BCUT2D eigenvalue weighted by Crippen LogP contribution is -2.30. The Kier molecular flexibility index (Phi) is 5.87. The van der Waals surface area contributed by atoms with Crippen molar-refractivity contribution in [3.63, 3.8) is 0 Å². The van der Waals surface area contributed by atoms with Crippen molar-refractivity contribution < 1.29 is 9.53 Å². The third-order valence-electron chi connectivity index (χ3n) is 3.76. The van der Waals surface area contributed by atoms with Crippen LogP contribution in [0.4, 0.5) is 10.6 Å². The van der Waals surface area contributed by atoms with Crippen molar-refractivity contribution >= 4 is 22.9 Å². The van der Waals surface area contributed by atoms with Crippen LogP contribution in [0.25, 0.3) is 11.0 Å². The zero-order valence-electron chi connectivity index (χ0n) is 15.3. The first-order valence-corrected chi connectivity index (χ1v) is 8.46. The van der Waals surface area contributed by atoms with E-state index in [2.05, 4.69) is 30.7 Å². The summed E-state index contributed by atoms with van der Waals surface area (Å²) < 4.78 is 4.58. The number of primary amides is 1. The van der Waals surface area contributed by atoms with Gasteiger partial charge in [-0.15, -0.1) is 0 Å². The Labute approximate surface area is 151 Å². The second-order valence-corrected chi connectivity index (χ2v) is 7.00. The van der Waals surface area contributed by atoms with Crippen LogP contribution < -0.4 is 16.2 Å². The number of anilines is 1. The van der Waals surface area contributed by atoms with Crippen LogP contribution in [0.3, 0.4) is 0 Å². The van der Waals surface area contributed by atoms with E-state index in [4.69, 9.17) is 5.73 Å². The normalized spacial score (nSPS) is 14.3. The number of fused-ring (bicyclic) bond motifs is 1. The van der Waals surface area contributed by atoms with E-state index < -0.39 is 11.7 Å². The summed E-state index contributed by atoms with van der Waals surface area (Å²) in [6, 6.07) is 2.15. The smallest absolute Gasteiger partial charge is 0.405 e. The predicted octanol–water partition coefficient (Wildman–Crippen LogP) is 1.99. The third kappa shape index (κ3) is 4.75. The molecule has 0 atom stereocenters. The lowest BCUT2D eigenvalue weighted by molar-refractivity contribution is 0.0600. The molecule has 1 saturated heterocycles. The highest BCUT2D eigenvalue weighted by molar-refractivity contribution is 5.87. The minimum atomic E-state index is -0.725. The molecule has 4 N–H and O–H groups in total. The number of nitrogens with one attached hydrogen (secondary N) is 2. The SMILES string of the molecule is CC(C)(C)OC(N)=O.N#Cc1c(N2CCCCC2)[nH]c2c(=O)[nH]cnc12. The molecule has 1 amide bonds. The van der Waals surface area contributed by atoms with Crippen LogP contribution in [-0.4, -0.2) is 39.7 Å². The fourth-order valence-corrected chi connectivity index (χ4v) is 2.76. The summed E-state index contributed by atoms with van der Waals surface area (Å²) in [7, 11) is 0. The molecule has 3 rings (SSSR count). The summed E-state index contributed by atoms with van der Waals surface area (Å²) in [6.45, 7) is 7.12. The lowest BCUT2D eigenvalue weighted by atomic mass is 10.1. The number of aromatic nitrogens is 3. The molecule has 0 spiro atoms. The van der Waals surface area contributed by atoms with E-state index in [0.717, 1.165) is 31.7 Å². The molecule has 0 aromatic carbocycles. The maximum Gasteiger partial charge on any atom is 0.405 e. The van der Waals surface area contributed by atoms with E-state index in [1.54, 1.807) is 20.8 Å². The standard InChI is InChI=1S/C12H13N5O.C5H11NO2/c13-6-8-9-10(12(18)15-7-14-9)16-11(8)17-4-2-1-3-5-17;1-5(2,3)8-4(6)7/h7,16H,1-5H2,(H,14,15,18);1-3H3,(H2,6,7). The number of hydrogen-bond donors (Lipinski definition) is 3. The van der Waals surface area contributed by atoms with Gasteiger partial charge in [0.25, 0.3) is 5.56 Å². The number of carbonyl (C=O) groups excluding carboxylic acids is 1. The van der Waals surface area contributed by atoms with Crippen molar-refractivity contribution in [3.05, 3.63) is 22.2 Å². The third-order valence-corrected chi connectivity index (χ3v) is 3.76. The van der Waals surface area contributed by atoms with Crippen molar-refractivity contribution in [3.8, 4) is 6.07 Å². The summed E-state index contributed by atoms with van der Waals surface area (Å²) in [6.07, 6.45) is 4.06. The molecular formula is C17H24N6O3. The highest BCUT2D eigenvalue weighted by Gasteiger charge is 2.21. The van der Waals surface area contributed by atoms with E-state index in [1.807, 2.05) is 0 Å². The number of piperidine rings is 1. The van der Waals surface area contributed by atoms with Crippen molar-refractivity contribution in [2.45, 2.75) is 45.6 Å². The van der Waals surface area contributed by atoms with Crippen LogP contribution >= 0.6 is 0 Å². The maximum absolute atomic E-state index is 11.7. The molecule has 0 radical (unpaired) electrons. The molecule has 0 bridgehead atoms. The predicted molar refractivity (Wildman–Crippen MR) is 97.9 cm³/mol. The largest absolute Gasteiger partial charge is 0.444 e. The molecular weight excluding hydrogens is 336 g/mol. The van der Waals surface area contributed by atoms with Crippen LogP contribution in [0.1, 0.15) is 45.6 Å². The molecule has 1 aliphatic rings. The Bertz CT molecular complexity index is 865. The Morgan fingerprint density at radius 2 is 2.00 bits per heavy atom. The second-order valence-electron chi connectivity index (χ2n) is 7.00. The molecule has 0 saturated carbocycles. The van der Waals surface area contributed by atoms with Crippen LogP contribution in [0.2, 0.25) is 0 Å². The Hall–Kier alpha value is -3.02. The monoisotopic (exact) mass is 360 g/mol. The average molecular weight is 360 g/mol. The number of H-pyrrole nitrogens is 2. The van der Waals surface area contributed by atoms with Crippen LogP contribution in [0, 0.1) is 11.3 Å². The van der Waals surface area contributed by atoms with Gasteiger partial charge in [0.05, 0.1) is 6.33 Å². The fraction of sp³-hybridized carbons (Fsp3) is 0.529. The first-order valence-electron chi connectivity index (χ1n) is 8.46. The lowest BCUT2D eigenvalue weighted by Gasteiger charge is -2.27. The summed E-state index contributed by atoms with van der Waals surface area (Å²) in [4.78, 5) is 33.5. The van der Waals surface area contributed by atoms with E-state index in [0.29, 0.717) is 16.6 Å². The highest BCUT2D eigenvalue weighted by Crippen LogP contribution is 2.27. The summed E-state index contributed by atoms with van der Waals surface area (Å²) in [5.74, 6) is 0.733. The van der Waals surface area contributed by atoms with Gasteiger partial charge >= 0.3 is 6.09 Å². The molecule has 9 heteroatoms. The number of amides is 1. The average Bonchev–Trinajstić information content (AvgIpc) is 2.94. The first kappa shape index (κ1) is 19.3. The van der Waals surface area contributed by atoms with Gasteiger partial charge in [-0.1, -0.05) is 0 Å². The summed E-state index contributed by atoms with van der Waals surface area (Å²) in [5.41, 5.74) is 5.34. The number of hydrogen-bond acceptors (Lipinski definition) is 6. The minimum Gasteiger partial charge on any atom is -0.444 e. The Balaban J connectivity index is 0.000000260. The zero-order valence-corrected chi connectivity index (χ0v) is 15.3. The number of nitrogens with two attached hydrogens (primary N) is 1. The molecule has 0 unspecified atom stereocenters. The molecule has 26 heavy (non-hydrogen) atoms. The Morgan fingerprint density at radius 3 is 2.50 bits per heavy atom. The quantitative estimate of drug-likeness (QED) is 0.710. The molecule has 3 heterocycles. The Morgan fingerprint density at radius 1 is 1.35 bits per heavy atom. The van der Waals surface area contributed by atoms with E-state index >= 15 is 0 Å². The molecule has 9 nitrogen and oxygen atoms in total. The van der Waals surface area contributed by atoms with Gasteiger partial charge in [0.2, 0.25) is 0 Å². The van der Waals surface area contributed by atoms with Gasteiger partial charge in [-0.05, 0) is 40.0 Å². The van der Waals surface area contributed by atoms with Crippen LogP contribution in [0.15, 0.2) is 11.1 Å². The number of nitrogens with zero attached hydrogens (tertiary/aromatic N) is 3.